The van der Waals surface area contributed by atoms with Crippen molar-refractivity contribution in [2.75, 3.05) is 13.1 Å². The van der Waals surface area contributed by atoms with E-state index in [-0.39, 0.29) is 5.41 Å². The van der Waals surface area contributed by atoms with Crippen LogP contribution in [0.15, 0.2) is 75.6 Å². The van der Waals surface area contributed by atoms with Crippen molar-refractivity contribution >= 4 is 42.6 Å². The highest BCUT2D eigenvalue weighted by Gasteiger charge is 2.46. The summed E-state index contributed by atoms with van der Waals surface area (Å²) >= 11 is 10.3. The minimum atomic E-state index is -3.59. The third-order valence-electron chi connectivity index (χ3n) is 5.85. The zero-order valence-corrected chi connectivity index (χ0v) is 19.4. The average molecular weight is 493 g/mol. The summed E-state index contributed by atoms with van der Waals surface area (Å²) in [5.41, 5.74) is 2.61. The van der Waals surface area contributed by atoms with Gasteiger partial charge < -0.3 is 0 Å². The van der Waals surface area contributed by atoms with Crippen LogP contribution in [0, 0.1) is 12.3 Å². The number of sulfonamides is 1. The fraction of sp³-hybridized carbons (Fsp3) is 0.304. The van der Waals surface area contributed by atoms with Crippen LogP contribution in [-0.4, -0.2) is 25.8 Å². The van der Waals surface area contributed by atoms with Crippen LogP contribution in [0.1, 0.15) is 30.4 Å². The highest BCUT2D eigenvalue weighted by Crippen LogP contribution is 2.49. The van der Waals surface area contributed by atoms with Crippen molar-refractivity contribution in [1.82, 2.24) is 4.31 Å². The van der Waals surface area contributed by atoms with Crippen molar-refractivity contribution in [2.24, 2.45) is 5.41 Å². The van der Waals surface area contributed by atoms with E-state index in [1.807, 2.05) is 43.3 Å². The lowest BCUT2D eigenvalue weighted by atomic mass is 9.74. The number of halogens is 2. The van der Waals surface area contributed by atoms with Crippen molar-refractivity contribution < 1.29 is 8.42 Å². The molecule has 0 amide bonds. The van der Waals surface area contributed by atoms with E-state index >= 15 is 0 Å². The normalized spacial score (nSPS) is 24.2. The highest BCUT2D eigenvalue weighted by molar-refractivity contribution is 9.10. The number of aryl methyl sites for hydroxylation is 1. The molecule has 1 aliphatic carbocycles. The Morgan fingerprint density at radius 3 is 2.41 bits per heavy atom. The van der Waals surface area contributed by atoms with Crippen LogP contribution < -0.4 is 0 Å². The number of rotatable bonds is 3. The van der Waals surface area contributed by atoms with Crippen molar-refractivity contribution in [3.63, 3.8) is 0 Å². The van der Waals surface area contributed by atoms with Gasteiger partial charge in [0, 0.05) is 28.0 Å². The first kappa shape index (κ1) is 20.9. The molecule has 0 N–H and O–H groups in total. The molecule has 1 spiro atoms. The van der Waals surface area contributed by atoms with Gasteiger partial charge in [-0.05, 0) is 61.6 Å². The largest absolute Gasteiger partial charge is 0.243 e. The Labute approximate surface area is 186 Å². The predicted molar refractivity (Wildman–Crippen MR) is 122 cm³/mol. The molecule has 3 nitrogen and oxygen atoms in total. The van der Waals surface area contributed by atoms with E-state index in [1.54, 1.807) is 16.4 Å². The third kappa shape index (κ3) is 3.98. The average Bonchev–Trinajstić information content (AvgIpc) is 3.08. The van der Waals surface area contributed by atoms with E-state index in [9.17, 15) is 8.42 Å². The molecule has 1 aliphatic heterocycles. The Balaban J connectivity index is 1.78. The lowest BCUT2D eigenvalue weighted by Crippen LogP contribution is -2.32. The molecule has 0 bridgehead atoms. The monoisotopic (exact) mass is 491 g/mol. The predicted octanol–water partition coefficient (Wildman–Crippen LogP) is 6.14. The Hall–Kier alpha value is -1.40. The van der Waals surface area contributed by atoms with Crippen LogP contribution in [0.25, 0.3) is 5.03 Å². The zero-order valence-electron chi connectivity index (χ0n) is 16.2. The molecule has 1 heterocycles. The fourth-order valence-corrected chi connectivity index (χ4v) is 6.31. The van der Waals surface area contributed by atoms with E-state index < -0.39 is 10.0 Å². The summed E-state index contributed by atoms with van der Waals surface area (Å²) < 4.78 is 29.3. The lowest BCUT2D eigenvalue weighted by Gasteiger charge is -2.31. The molecule has 0 aromatic heterocycles. The third-order valence-corrected chi connectivity index (χ3v) is 8.63. The van der Waals surface area contributed by atoms with Crippen LogP contribution in [0.5, 0.6) is 0 Å². The molecule has 4 rings (SSSR count). The molecular weight excluding hydrogens is 470 g/mol. The molecule has 6 heteroatoms. The van der Waals surface area contributed by atoms with Crippen LogP contribution in [0.3, 0.4) is 0 Å². The Morgan fingerprint density at radius 2 is 1.79 bits per heavy atom. The summed E-state index contributed by atoms with van der Waals surface area (Å²) in [6.45, 7) is 2.70. The van der Waals surface area contributed by atoms with E-state index in [4.69, 9.17) is 11.6 Å². The second kappa shape index (κ2) is 8.03. The van der Waals surface area contributed by atoms with Crippen LogP contribution >= 0.6 is 27.5 Å². The van der Waals surface area contributed by atoms with Gasteiger partial charge in [-0.2, -0.15) is 4.31 Å². The molecule has 1 unspecified atom stereocenters. The van der Waals surface area contributed by atoms with E-state index in [0.717, 1.165) is 40.4 Å². The van der Waals surface area contributed by atoms with Gasteiger partial charge in [-0.3, -0.25) is 0 Å². The van der Waals surface area contributed by atoms with Crippen molar-refractivity contribution in [2.45, 2.75) is 31.1 Å². The van der Waals surface area contributed by atoms with Gasteiger partial charge in [-0.25, -0.2) is 8.42 Å². The van der Waals surface area contributed by atoms with Gasteiger partial charge >= 0.3 is 0 Å². The highest BCUT2D eigenvalue weighted by atomic mass is 79.9. The quantitative estimate of drug-likeness (QED) is 0.483. The molecule has 1 saturated heterocycles. The van der Waals surface area contributed by atoms with Gasteiger partial charge in [-0.15, -0.1) is 0 Å². The summed E-state index contributed by atoms with van der Waals surface area (Å²) in [6, 6.07) is 14.9. The minimum absolute atomic E-state index is 0.315. The molecule has 1 fully saturated rings. The standard InChI is InChI=1S/C23H23BrClNO2S/c1-17-5-11-20(12-6-17)29(27,28)26-15-21(23(16-26)13-3-2-4-14-23)22(25)18-7-9-19(24)10-8-18/h3,5-13H,2,4,14-16H2,1H3/b22-21+. The molecule has 0 radical (unpaired) electrons. The number of allylic oxidation sites excluding steroid dienone is 1. The summed E-state index contributed by atoms with van der Waals surface area (Å²) in [5, 5.41) is 0.658. The van der Waals surface area contributed by atoms with Crippen molar-refractivity contribution in [3.8, 4) is 0 Å². The van der Waals surface area contributed by atoms with Crippen LogP contribution in [-0.2, 0) is 10.0 Å². The Kier molecular flexibility index (Phi) is 5.77. The molecular formula is C23H23BrClNO2S. The lowest BCUT2D eigenvalue weighted by molar-refractivity contribution is 0.371. The molecule has 2 aromatic carbocycles. The smallest absolute Gasteiger partial charge is 0.207 e. The second-order valence-corrected chi connectivity index (χ2v) is 11.1. The van der Waals surface area contributed by atoms with Crippen LogP contribution in [0.2, 0.25) is 0 Å². The molecule has 152 valence electrons. The maximum atomic E-state index is 13.4. The van der Waals surface area contributed by atoms with Crippen molar-refractivity contribution in [1.29, 1.82) is 0 Å². The Bertz CT molecular complexity index is 1070. The Morgan fingerprint density at radius 1 is 1.10 bits per heavy atom. The van der Waals surface area contributed by atoms with Gasteiger partial charge in [0.25, 0.3) is 0 Å². The SMILES string of the molecule is Cc1ccc(S(=O)(=O)N2C/C(=C(\Cl)c3ccc(Br)cc3)C3(C=CCCC3)C2)cc1. The minimum Gasteiger partial charge on any atom is -0.207 e. The zero-order chi connectivity index (χ0) is 20.6. The molecule has 2 aromatic rings. The van der Waals surface area contributed by atoms with Gasteiger partial charge in [0.1, 0.15) is 0 Å². The van der Waals surface area contributed by atoms with Gasteiger partial charge in [0.15, 0.2) is 0 Å². The van der Waals surface area contributed by atoms with Gasteiger partial charge in [0.2, 0.25) is 10.0 Å². The second-order valence-electron chi connectivity index (χ2n) is 7.84. The topological polar surface area (TPSA) is 37.4 Å². The summed E-state index contributed by atoms with van der Waals surface area (Å²) in [7, 11) is -3.59. The van der Waals surface area contributed by atoms with Crippen LogP contribution in [0.4, 0.5) is 0 Å². The number of hydrogen-bond donors (Lipinski definition) is 0. The van der Waals surface area contributed by atoms with E-state index in [1.165, 1.54) is 0 Å². The summed E-state index contributed by atoms with van der Waals surface area (Å²) in [6.07, 6.45) is 7.30. The first-order valence-corrected chi connectivity index (χ1v) is 12.3. The van der Waals surface area contributed by atoms with Gasteiger partial charge in [0.05, 0.1) is 4.90 Å². The maximum Gasteiger partial charge on any atom is 0.243 e. The number of nitrogens with zero attached hydrogens (tertiary/aromatic N) is 1. The van der Waals surface area contributed by atoms with Gasteiger partial charge in [-0.1, -0.05) is 69.5 Å². The first-order chi connectivity index (χ1) is 13.8. The molecule has 29 heavy (non-hydrogen) atoms. The fourth-order valence-electron chi connectivity index (χ4n) is 4.20. The summed E-state index contributed by atoms with van der Waals surface area (Å²) in [4.78, 5) is 0.332. The molecule has 1 atom stereocenters. The molecule has 2 aliphatic rings. The maximum absolute atomic E-state index is 13.4. The van der Waals surface area contributed by atoms with Crippen molar-refractivity contribution in [3.05, 3.63) is 81.9 Å². The van der Waals surface area contributed by atoms with E-state index in [0.29, 0.717) is 23.0 Å². The molecule has 0 saturated carbocycles. The number of hydrogen-bond acceptors (Lipinski definition) is 2. The van der Waals surface area contributed by atoms with E-state index in [2.05, 4.69) is 28.1 Å². The summed E-state index contributed by atoms with van der Waals surface area (Å²) in [5.74, 6) is 0. The number of benzene rings is 2. The first-order valence-electron chi connectivity index (χ1n) is 9.71.